The van der Waals surface area contributed by atoms with Crippen LogP contribution in [0.4, 0.5) is 0 Å². The Morgan fingerprint density at radius 1 is 0.280 bits per heavy atom. The standard InChI is InChI=1S/C69H122O6/c1-4-7-10-13-16-19-22-25-28-30-32-33-34-35-37-38-41-44-47-50-53-56-59-62-68(71)74-65-66(64-73-67(70)61-58-55-52-49-46-43-40-27-24-21-18-15-12-9-6-3)75-69(72)63-60-57-54-51-48-45-42-39-36-31-29-26-23-20-17-14-11-8-5-2/h8,11,17,20,22,25-26,29-30,32,36,39,66H,4-7,9-10,12-16,18-19,21,23-24,27-28,31,33-35,37-38,40-65H2,1-3H3/b11-8-,20-17-,25-22-,29-26-,32-30-,39-36-. The van der Waals surface area contributed by atoms with Crippen LogP contribution in [0.1, 0.15) is 329 Å². The highest BCUT2D eigenvalue weighted by molar-refractivity contribution is 5.71. The van der Waals surface area contributed by atoms with Gasteiger partial charge in [-0.3, -0.25) is 14.4 Å². The molecule has 0 spiro atoms. The van der Waals surface area contributed by atoms with E-state index in [-0.39, 0.29) is 31.1 Å². The lowest BCUT2D eigenvalue weighted by atomic mass is 10.0. The Kier molecular flexibility index (Phi) is 60.7. The summed E-state index contributed by atoms with van der Waals surface area (Å²) in [6, 6.07) is 0. The number of hydrogen-bond acceptors (Lipinski definition) is 6. The average molecular weight is 1050 g/mol. The maximum atomic E-state index is 12.9. The van der Waals surface area contributed by atoms with Gasteiger partial charge in [-0.05, 0) is 89.9 Å². The Bertz CT molecular complexity index is 1390. The summed E-state index contributed by atoms with van der Waals surface area (Å²) in [6.07, 6.45) is 81.9. The third-order valence-corrected chi connectivity index (χ3v) is 14.2. The summed E-state index contributed by atoms with van der Waals surface area (Å²) >= 11 is 0. The number of allylic oxidation sites excluding steroid dienone is 12. The molecule has 0 aromatic rings. The van der Waals surface area contributed by atoms with Gasteiger partial charge in [-0.2, -0.15) is 0 Å². The topological polar surface area (TPSA) is 78.9 Å². The molecule has 75 heavy (non-hydrogen) atoms. The van der Waals surface area contributed by atoms with E-state index >= 15 is 0 Å². The number of unbranched alkanes of at least 4 members (excludes halogenated alkanes) is 36. The molecule has 0 heterocycles. The molecule has 0 aliphatic heterocycles. The molecule has 6 nitrogen and oxygen atoms in total. The van der Waals surface area contributed by atoms with Gasteiger partial charge in [0.15, 0.2) is 6.10 Å². The largest absolute Gasteiger partial charge is 0.462 e. The van der Waals surface area contributed by atoms with E-state index in [1.165, 1.54) is 186 Å². The van der Waals surface area contributed by atoms with Crippen LogP contribution in [0, 0.1) is 0 Å². The van der Waals surface area contributed by atoms with E-state index in [2.05, 4.69) is 93.7 Å². The number of rotatable bonds is 59. The lowest BCUT2D eigenvalue weighted by Crippen LogP contribution is -2.30. The molecule has 0 saturated carbocycles. The van der Waals surface area contributed by atoms with Gasteiger partial charge in [0, 0.05) is 19.3 Å². The van der Waals surface area contributed by atoms with Gasteiger partial charge in [-0.25, -0.2) is 0 Å². The molecule has 0 aliphatic carbocycles. The van der Waals surface area contributed by atoms with Crippen molar-refractivity contribution in [3.63, 3.8) is 0 Å². The van der Waals surface area contributed by atoms with Crippen molar-refractivity contribution in [1.29, 1.82) is 0 Å². The van der Waals surface area contributed by atoms with Crippen molar-refractivity contribution in [1.82, 2.24) is 0 Å². The maximum Gasteiger partial charge on any atom is 0.306 e. The van der Waals surface area contributed by atoms with Crippen molar-refractivity contribution in [2.24, 2.45) is 0 Å². The van der Waals surface area contributed by atoms with Gasteiger partial charge < -0.3 is 14.2 Å². The predicted molar refractivity (Wildman–Crippen MR) is 325 cm³/mol. The smallest absolute Gasteiger partial charge is 0.306 e. The van der Waals surface area contributed by atoms with Crippen LogP contribution in [0.15, 0.2) is 72.9 Å². The van der Waals surface area contributed by atoms with E-state index in [4.69, 9.17) is 14.2 Å². The van der Waals surface area contributed by atoms with Crippen LogP contribution in [0.2, 0.25) is 0 Å². The Labute approximate surface area is 465 Å². The lowest BCUT2D eigenvalue weighted by Gasteiger charge is -2.18. The van der Waals surface area contributed by atoms with Crippen LogP contribution < -0.4 is 0 Å². The second kappa shape index (κ2) is 63.4. The molecule has 0 bridgehead atoms. The summed E-state index contributed by atoms with van der Waals surface area (Å²) in [4.78, 5) is 38.3. The number of carbonyl (C=O) groups is 3. The zero-order valence-corrected chi connectivity index (χ0v) is 49.8. The minimum atomic E-state index is -0.784. The molecule has 434 valence electrons. The molecule has 0 fully saturated rings. The SMILES string of the molecule is CC/C=C\C/C=C\C/C=C\C/C=C\CCCCCCCCC(=O)OC(COC(=O)CCCCCCCCCCCCC/C=C\C/C=C\CCCCCCC)COC(=O)CCCCCCCCCCCCCCCCC. The fourth-order valence-electron chi connectivity index (χ4n) is 9.35. The fourth-order valence-corrected chi connectivity index (χ4v) is 9.35. The summed E-state index contributed by atoms with van der Waals surface area (Å²) in [5, 5.41) is 0. The Hall–Kier alpha value is -3.15. The molecule has 1 atom stereocenters. The molecule has 0 saturated heterocycles. The van der Waals surface area contributed by atoms with E-state index in [1.54, 1.807) is 0 Å². The van der Waals surface area contributed by atoms with Crippen molar-refractivity contribution >= 4 is 17.9 Å². The van der Waals surface area contributed by atoms with Gasteiger partial charge in [0.1, 0.15) is 13.2 Å². The third kappa shape index (κ3) is 61.6. The first-order valence-corrected chi connectivity index (χ1v) is 32.4. The quantitative estimate of drug-likeness (QED) is 0.0261. The van der Waals surface area contributed by atoms with Crippen LogP contribution in [-0.4, -0.2) is 37.2 Å². The molecule has 0 radical (unpaired) electrons. The Morgan fingerprint density at radius 2 is 0.520 bits per heavy atom. The molecule has 0 aromatic carbocycles. The summed E-state index contributed by atoms with van der Waals surface area (Å²) in [6.45, 7) is 6.55. The van der Waals surface area contributed by atoms with Gasteiger partial charge in [0.2, 0.25) is 0 Å². The zero-order valence-electron chi connectivity index (χ0n) is 49.8. The highest BCUT2D eigenvalue weighted by atomic mass is 16.6. The first-order valence-electron chi connectivity index (χ1n) is 32.4. The van der Waals surface area contributed by atoms with Crippen molar-refractivity contribution < 1.29 is 28.6 Å². The van der Waals surface area contributed by atoms with Crippen LogP contribution in [0.3, 0.4) is 0 Å². The second-order valence-corrected chi connectivity index (χ2v) is 21.6. The van der Waals surface area contributed by atoms with Gasteiger partial charge in [0.25, 0.3) is 0 Å². The van der Waals surface area contributed by atoms with Crippen molar-refractivity contribution in [3.8, 4) is 0 Å². The van der Waals surface area contributed by atoms with Crippen molar-refractivity contribution in [2.75, 3.05) is 13.2 Å². The van der Waals surface area contributed by atoms with Crippen LogP contribution >= 0.6 is 0 Å². The highest BCUT2D eigenvalue weighted by Gasteiger charge is 2.19. The molecule has 0 aliphatic rings. The summed E-state index contributed by atoms with van der Waals surface area (Å²) in [7, 11) is 0. The monoisotopic (exact) mass is 1050 g/mol. The minimum absolute atomic E-state index is 0.0787. The molecule has 0 aromatic heterocycles. The van der Waals surface area contributed by atoms with E-state index < -0.39 is 6.10 Å². The molecule has 0 amide bonds. The first kappa shape index (κ1) is 71.8. The van der Waals surface area contributed by atoms with E-state index in [0.717, 1.165) is 103 Å². The molecular formula is C69H122O6. The van der Waals surface area contributed by atoms with E-state index in [1.807, 2.05) is 0 Å². The predicted octanol–water partition coefficient (Wildman–Crippen LogP) is 22.1. The number of hydrogen-bond donors (Lipinski definition) is 0. The van der Waals surface area contributed by atoms with E-state index in [9.17, 15) is 14.4 Å². The number of carbonyl (C=O) groups excluding carboxylic acids is 3. The van der Waals surface area contributed by atoms with Crippen LogP contribution in [0.25, 0.3) is 0 Å². The molecule has 0 N–H and O–H groups in total. The van der Waals surface area contributed by atoms with Gasteiger partial charge >= 0.3 is 17.9 Å². The number of ether oxygens (including phenoxy) is 3. The number of esters is 3. The normalized spacial score (nSPS) is 12.5. The lowest BCUT2D eigenvalue weighted by molar-refractivity contribution is -0.167. The fraction of sp³-hybridized carbons (Fsp3) is 0.783. The summed E-state index contributed by atoms with van der Waals surface area (Å²) in [5.41, 5.74) is 0. The minimum Gasteiger partial charge on any atom is -0.462 e. The highest BCUT2D eigenvalue weighted by Crippen LogP contribution is 2.17. The van der Waals surface area contributed by atoms with Gasteiger partial charge in [0.05, 0.1) is 0 Å². The Morgan fingerprint density at radius 3 is 0.813 bits per heavy atom. The summed E-state index contributed by atoms with van der Waals surface area (Å²) in [5.74, 6) is -0.878. The van der Waals surface area contributed by atoms with Crippen LogP contribution in [-0.2, 0) is 28.6 Å². The Balaban J connectivity index is 4.35. The van der Waals surface area contributed by atoms with Crippen LogP contribution in [0.5, 0.6) is 0 Å². The maximum absolute atomic E-state index is 12.9. The molecular weight excluding hydrogens is 925 g/mol. The van der Waals surface area contributed by atoms with Gasteiger partial charge in [-0.1, -0.05) is 293 Å². The van der Waals surface area contributed by atoms with Gasteiger partial charge in [-0.15, -0.1) is 0 Å². The first-order chi connectivity index (χ1) is 37.0. The van der Waals surface area contributed by atoms with E-state index in [0.29, 0.717) is 19.3 Å². The third-order valence-electron chi connectivity index (χ3n) is 14.2. The zero-order chi connectivity index (χ0) is 54.3. The second-order valence-electron chi connectivity index (χ2n) is 21.6. The average Bonchev–Trinajstić information content (AvgIpc) is 3.41. The summed E-state index contributed by atoms with van der Waals surface area (Å²) < 4.78 is 16.9. The molecule has 1 unspecified atom stereocenters. The molecule has 6 heteroatoms. The van der Waals surface area contributed by atoms with Crippen molar-refractivity contribution in [2.45, 2.75) is 335 Å². The van der Waals surface area contributed by atoms with Crippen molar-refractivity contribution in [3.05, 3.63) is 72.9 Å². The molecule has 0 rings (SSSR count).